The highest BCUT2D eigenvalue weighted by atomic mass is 16.2. The van der Waals surface area contributed by atoms with Gasteiger partial charge in [-0.05, 0) is 68.7 Å². The molecule has 1 aromatic carbocycles. The third-order valence-electron chi connectivity index (χ3n) is 6.48. The van der Waals surface area contributed by atoms with E-state index in [4.69, 9.17) is 5.26 Å². The molecule has 2 heterocycles. The van der Waals surface area contributed by atoms with Gasteiger partial charge in [-0.1, -0.05) is 19.9 Å². The zero-order valence-electron chi connectivity index (χ0n) is 20.4. The van der Waals surface area contributed by atoms with E-state index in [0.29, 0.717) is 48.9 Å². The molecule has 3 rings (SSSR count). The highest BCUT2D eigenvalue weighted by Gasteiger charge is 2.26. The van der Waals surface area contributed by atoms with E-state index < -0.39 is 0 Å². The van der Waals surface area contributed by atoms with Gasteiger partial charge in [-0.3, -0.25) is 14.3 Å². The Hall–Kier alpha value is -3.14. The summed E-state index contributed by atoms with van der Waals surface area (Å²) in [6.07, 6.45) is 2.46. The molecule has 2 amide bonds. The molecule has 7 heteroatoms. The van der Waals surface area contributed by atoms with Gasteiger partial charge in [0.1, 0.15) is 0 Å². The monoisotopic (exact) mass is 449 g/mol. The van der Waals surface area contributed by atoms with Crippen molar-refractivity contribution in [3.63, 3.8) is 0 Å². The Labute approximate surface area is 196 Å². The van der Waals surface area contributed by atoms with Crippen molar-refractivity contribution in [2.75, 3.05) is 18.4 Å². The van der Waals surface area contributed by atoms with Crippen molar-refractivity contribution in [3.05, 3.63) is 46.3 Å². The molecular weight excluding hydrogens is 414 g/mol. The summed E-state index contributed by atoms with van der Waals surface area (Å²) in [6.45, 7) is 12.3. The highest BCUT2D eigenvalue weighted by molar-refractivity contribution is 5.98. The number of likely N-dealkylation sites (tertiary alicyclic amines) is 1. The van der Waals surface area contributed by atoms with E-state index in [1.807, 2.05) is 42.5 Å². The molecule has 7 nitrogen and oxygen atoms in total. The molecular formula is C26H35N5O2. The second kappa shape index (κ2) is 10.7. The van der Waals surface area contributed by atoms with Crippen LogP contribution in [0.25, 0.3) is 0 Å². The maximum absolute atomic E-state index is 13.1. The minimum atomic E-state index is -0.0912. The number of nitrogens with zero attached hydrogens (tertiary/aromatic N) is 4. The molecule has 2 aromatic rings. The normalized spacial score (nSPS) is 18.1. The van der Waals surface area contributed by atoms with Gasteiger partial charge in [0, 0.05) is 36.5 Å². The van der Waals surface area contributed by atoms with Gasteiger partial charge in [0.05, 0.1) is 24.7 Å². The first-order valence-corrected chi connectivity index (χ1v) is 11.8. The summed E-state index contributed by atoms with van der Waals surface area (Å²) >= 11 is 0. The predicted molar refractivity (Wildman–Crippen MR) is 129 cm³/mol. The second-order valence-electron chi connectivity index (χ2n) is 9.51. The summed E-state index contributed by atoms with van der Waals surface area (Å²) in [5.41, 5.74) is 5.18. The van der Waals surface area contributed by atoms with E-state index in [9.17, 15) is 9.59 Å². The molecule has 1 fully saturated rings. The van der Waals surface area contributed by atoms with Gasteiger partial charge in [0.15, 0.2) is 0 Å². The first kappa shape index (κ1) is 24.5. The molecule has 176 valence electrons. The highest BCUT2D eigenvalue weighted by Crippen LogP contribution is 2.25. The molecule has 0 spiro atoms. The Bertz CT molecular complexity index is 1060. The maximum atomic E-state index is 13.1. The lowest BCUT2D eigenvalue weighted by Gasteiger charge is -2.35. The van der Waals surface area contributed by atoms with Crippen LogP contribution in [-0.4, -0.2) is 39.6 Å². The third kappa shape index (κ3) is 6.01. The topological polar surface area (TPSA) is 91.0 Å². The van der Waals surface area contributed by atoms with E-state index in [1.165, 1.54) is 0 Å². The number of piperidine rings is 1. The zero-order valence-corrected chi connectivity index (χ0v) is 20.4. The standard InChI is InChI=1S/C26H35N5O2/c1-17-13-18(2)16-30(15-17)26(33)22-8-7-19(3)24(14-22)28-25(32)10-9-23-20(4)29-31(21(23)5)12-6-11-27/h7-8,14,17-18H,6,9-10,12-13,15-16H2,1-5H3,(H,28,32). The lowest BCUT2D eigenvalue weighted by molar-refractivity contribution is -0.116. The molecule has 1 aliphatic heterocycles. The fourth-order valence-corrected chi connectivity index (χ4v) is 4.82. The number of nitrogens with one attached hydrogen (secondary N) is 1. The van der Waals surface area contributed by atoms with Gasteiger partial charge in [-0.15, -0.1) is 0 Å². The van der Waals surface area contributed by atoms with Gasteiger partial charge >= 0.3 is 0 Å². The van der Waals surface area contributed by atoms with Crippen molar-refractivity contribution in [3.8, 4) is 6.07 Å². The van der Waals surface area contributed by atoms with E-state index >= 15 is 0 Å². The molecule has 0 saturated carbocycles. The SMILES string of the molecule is Cc1ccc(C(=O)N2CC(C)CC(C)C2)cc1NC(=O)CCc1c(C)nn(CCC#N)c1C. The first-order valence-electron chi connectivity index (χ1n) is 11.8. The number of hydrogen-bond donors (Lipinski definition) is 1. The Morgan fingerprint density at radius 2 is 1.88 bits per heavy atom. The molecule has 1 aromatic heterocycles. The third-order valence-corrected chi connectivity index (χ3v) is 6.48. The molecule has 0 bridgehead atoms. The number of aromatic nitrogens is 2. The average molecular weight is 450 g/mol. The van der Waals surface area contributed by atoms with Gasteiger partial charge in [-0.2, -0.15) is 10.4 Å². The number of amides is 2. The number of rotatable bonds is 7. The minimum absolute atomic E-state index is 0.0277. The van der Waals surface area contributed by atoms with Crippen molar-refractivity contribution in [1.29, 1.82) is 5.26 Å². The van der Waals surface area contributed by atoms with Crippen molar-refractivity contribution in [2.45, 2.75) is 66.8 Å². The molecule has 1 N–H and O–H groups in total. The number of carbonyl (C=O) groups excluding carboxylic acids is 2. The van der Waals surface area contributed by atoms with Crippen LogP contribution in [0.4, 0.5) is 5.69 Å². The average Bonchev–Trinajstić information content (AvgIpc) is 3.03. The van der Waals surface area contributed by atoms with E-state index in [0.717, 1.165) is 42.0 Å². The van der Waals surface area contributed by atoms with Crippen LogP contribution in [0.5, 0.6) is 0 Å². The Balaban J connectivity index is 1.65. The Kier molecular flexibility index (Phi) is 7.91. The smallest absolute Gasteiger partial charge is 0.253 e. The van der Waals surface area contributed by atoms with Crippen LogP contribution in [0, 0.1) is 43.9 Å². The van der Waals surface area contributed by atoms with Crippen LogP contribution in [0.15, 0.2) is 18.2 Å². The Morgan fingerprint density at radius 3 is 2.55 bits per heavy atom. The summed E-state index contributed by atoms with van der Waals surface area (Å²) in [5, 5.41) is 16.3. The first-order chi connectivity index (χ1) is 15.7. The van der Waals surface area contributed by atoms with Crippen molar-refractivity contribution in [2.24, 2.45) is 11.8 Å². The van der Waals surface area contributed by atoms with Crippen molar-refractivity contribution < 1.29 is 9.59 Å². The predicted octanol–water partition coefficient (Wildman–Crippen LogP) is 4.41. The number of carbonyl (C=O) groups is 2. The number of anilines is 1. The van der Waals surface area contributed by atoms with Crippen LogP contribution in [-0.2, 0) is 17.8 Å². The second-order valence-corrected chi connectivity index (χ2v) is 9.51. The molecule has 33 heavy (non-hydrogen) atoms. The fourth-order valence-electron chi connectivity index (χ4n) is 4.82. The summed E-state index contributed by atoms with van der Waals surface area (Å²) in [4.78, 5) is 27.8. The number of benzene rings is 1. The van der Waals surface area contributed by atoms with Crippen LogP contribution in [0.2, 0.25) is 0 Å². The van der Waals surface area contributed by atoms with Gasteiger partial charge in [0.2, 0.25) is 5.91 Å². The summed E-state index contributed by atoms with van der Waals surface area (Å²) in [5.74, 6) is 0.934. The Morgan fingerprint density at radius 1 is 1.18 bits per heavy atom. The molecule has 2 atom stereocenters. The van der Waals surface area contributed by atoms with Crippen LogP contribution < -0.4 is 5.32 Å². The summed E-state index contributed by atoms with van der Waals surface area (Å²) in [7, 11) is 0. The van der Waals surface area contributed by atoms with E-state index in [2.05, 4.69) is 30.3 Å². The minimum Gasteiger partial charge on any atom is -0.338 e. The summed E-state index contributed by atoms with van der Waals surface area (Å²) in [6, 6.07) is 7.68. The van der Waals surface area contributed by atoms with E-state index in [-0.39, 0.29) is 11.8 Å². The summed E-state index contributed by atoms with van der Waals surface area (Å²) < 4.78 is 1.84. The number of hydrogen-bond acceptors (Lipinski definition) is 4. The maximum Gasteiger partial charge on any atom is 0.253 e. The van der Waals surface area contributed by atoms with Gasteiger partial charge < -0.3 is 10.2 Å². The lowest BCUT2D eigenvalue weighted by Crippen LogP contribution is -2.42. The molecule has 1 saturated heterocycles. The largest absolute Gasteiger partial charge is 0.338 e. The van der Waals surface area contributed by atoms with Crippen LogP contribution >= 0.6 is 0 Å². The van der Waals surface area contributed by atoms with Crippen molar-refractivity contribution >= 4 is 17.5 Å². The van der Waals surface area contributed by atoms with Gasteiger partial charge in [0.25, 0.3) is 5.91 Å². The molecule has 0 radical (unpaired) electrons. The van der Waals surface area contributed by atoms with Crippen LogP contribution in [0.3, 0.4) is 0 Å². The van der Waals surface area contributed by atoms with Crippen molar-refractivity contribution in [1.82, 2.24) is 14.7 Å². The lowest BCUT2D eigenvalue weighted by atomic mass is 9.91. The molecule has 1 aliphatic rings. The number of aryl methyl sites for hydroxylation is 3. The molecule has 0 aliphatic carbocycles. The van der Waals surface area contributed by atoms with Gasteiger partial charge in [-0.25, -0.2) is 0 Å². The number of nitriles is 1. The van der Waals surface area contributed by atoms with Crippen LogP contribution in [0.1, 0.15) is 66.0 Å². The molecule has 2 unspecified atom stereocenters. The zero-order chi connectivity index (χ0) is 24.1. The van der Waals surface area contributed by atoms with E-state index in [1.54, 1.807) is 6.07 Å². The fraction of sp³-hybridized carbons (Fsp3) is 0.538. The quantitative estimate of drug-likeness (QED) is 0.678.